The third-order valence-corrected chi connectivity index (χ3v) is 4.30. The molecule has 0 aliphatic carbocycles. The van der Waals surface area contributed by atoms with E-state index in [9.17, 15) is 0 Å². The highest BCUT2D eigenvalue weighted by Crippen LogP contribution is 2.31. The van der Waals surface area contributed by atoms with Gasteiger partial charge in [-0.15, -0.1) is 0 Å². The van der Waals surface area contributed by atoms with Gasteiger partial charge in [0, 0.05) is 45.3 Å². The molecule has 3 aromatic heterocycles. The number of para-hydroxylation sites is 2. The standard InChI is InChI=1S/C19H14N4/c1-3-7-16-12(5-1)14(9-20-16)18-11-22-19(23-18)15-10-21-17-8-4-2-6-13(15)17/h1-11,20-21H,(H,22,23). The molecule has 23 heavy (non-hydrogen) atoms. The summed E-state index contributed by atoms with van der Waals surface area (Å²) in [6.07, 6.45) is 5.92. The van der Waals surface area contributed by atoms with Crippen molar-refractivity contribution in [1.29, 1.82) is 0 Å². The largest absolute Gasteiger partial charge is 0.360 e. The quantitative estimate of drug-likeness (QED) is 0.434. The minimum atomic E-state index is 0.878. The number of hydrogen-bond acceptors (Lipinski definition) is 1. The van der Waals surface area contributed by atoms with Gasteiger partial charge < -0.3 is 15.0 Å². The van der Waals surface area contributed by atoms with Gasteiger partial charge in [0.1, 0.15) is 5.82 Å². The topological polar surface area (TPSA) is 60.3 Å². The van der Waals surface area contributed by atoms with Gasteiger partial charge >= 0.3 is 0 Å². The maximum atomic E-state index is 4.58. The second kappa shape index (κ2) is 4.61. The number of rotatable bonds is 2. The molecule has 0 saturated heterocycles. The van der Waals surface area contributed by atoms with Gasteiger partial charge in [0.05, 0.1) is 11.9 Å². The van der Waals surface area contributed by atoms with Crippen LogP contribution < -0.4 is 0 Å². The van der Waals surface area contributed by atoms with Gasteiger partial charge in [0.25, 0.3) is 0 Å². The van der Waals surface area contributed by atoms with E-state index in [-0.39, 0.29) is 0 Å². The molecule has 5 rings (SSSR count). The Kier molecular flexibility index (Phi) is 2.46. The normalized spacial score (nSPS) is 11.5. The van der Waals surface area contributed by atoms with Crippen molar-refractivity contribution in [3.63, 3.8) is 0 Å². The first-order valence-corrected chi connectivity index (χ1v) is 7.58. The molecule has 0 spiro atoms. The Balaban J connectivity index is 1.66. The zero-order chi connectivity index (χ0) is 15.2. The monoisotopic (exact) mass is 298 g/mol. The molecular formula is C19H14N4. The molecule has 4 heteroatoms. The zero-order valence-corrected chi connectivity index (χ0v) is 12.3. The van der Waals surface area contributed by atoms with Crippen molar-refractivity contribution < 1.29 is 0 Å². The molecule has 0 bridgehead atoms. The van der Waals surface area contributed by atoms with Crippen LogP contribution >= 0.6 is 0 Å². The molecule has 0 amide bonds. The van der Waals surface area contributed by atoms with Gasteiger partial charge in [0.15, 0.2) is 0 Å². The number of hydrogen-bond donors (Lipinski definition) is 3. The first-order valence-electron chi connectivity index (χ1n) is 7.58. The van der Waals surface area contributed by atoms with E-state index in [1.54, 1.807) is 0 Å². The fraction of sp³-hybridized carbons (Fsp3) is 0. The summed E-state index contributed by atoms with van der Waals surface area (Å²) in [4.78, 5) is 14.6. The van der Waals surface area contributed by atoms with Crippen LogP contribution in [-0.2, 0) is 0 Å². The Labute approximate surface area is 132 Å². The molecule has 0 aliphatic heterocycles. The molecule has 0 atom stereocenters. The third-order valence-electron chi connectivity index (χ3n) is 4.30. The second-order valence-electron chi connectivity index (χ2n) is 5.64. The van der Waals surface area contributed by atoms with Gasteiger partial charge in [-0.25, -0.2) is 4.98 Å². The molecular weight excluding hydrogens is 284 g/mol. The Bertz CT molecular complexity index is 1040. The van der Waals surface area contributed by atoms with Gasteiger partial charge in [-0.1, -0.05) is 36.4 Å². The fourth-order valence-corrected chi connectivity index (χ4v) is 3.16. The van der Waals surface area contributed by atoms with Crippen molar-refractivity contribution in [1.82, 2.24) is 19.9 Å². The van der Waals surface area contributed by atoms with Crippen LogP contribution in [0.1, 0.15) is 0 Å². The molecule has 0 aliphatic rings. The first kappa shape index (κ1) is 12.3. The number of benzene rings is 2. The lowest BCUT2D eigenvalue weighted by molar-refractivity contribution is 1.31. The molecule has 4 nitrogen and oxygen atoms in total. The van der Waals surface area contributed by atoms with Crippen LogP contribution in [0.25, 0.3) is 44.5 Å². The van der Waals surface area contributed by atoms with Crippen molar-refractivity contribution in [3.8, 4) is 22.6 Å². The fourth-order valence-electron chi connectivity index (χ4n) is 3.16. The lowest BCUT2D eigenvalue weighted by Gasteiger charge is -1.96. The summed E-state index contributed by atoms with van der Waals surface area (Å²) >= 11 is 0. The number of H-pyrrole nitrogens is 3. The highest BCUT2D eigenvalue weighted by molar-refractivity contribution is 5.96. The van der Waals surface area contributed by atoms with Gasteiger partial charge in [-0.2, -0.15) is 0 Å². The SMILES string of the molecule is c1ccc2c(-c3cnc(-c4c[nH]c5ccccc45)[nH]3)c[nH]c2c1. The maximum Gasteiger partial charge on any atom is 0.139 e. The van der Waals surface area contributed by atoms with Crippen molar-refractivity contribution in [2.24, 2.45) is 0 Å². The van der Waals surface area contributed by atoms with Crippen LogP contribution in [-0.4, -0.2) is 19.9 Å². The molecule has 5 aromatic rings. The van der Waals surface area contributed by atoms with Gasteiger partial charge in [-0.3, -0.25) is 0 Å². The van der Waals surface area contributed by atoms with Crippen LogP contribution in [0.3, 0.4) is 0 Å². The Morgan fingerprint density at radius 1 is 0.696 bits per heavy atom. The zero-order valence-electron chi connectivity index (χ0n) is 12.3. The molecule has 0 saturated carbocycles. The summed E-state index contributed by atoms with van der Waals surface area (Å²) in [5.74, 6) is 0.878. The first-order chi connectivity index (χ1) is 11.4. The van der Waals surface area contributed by atoms with Gasteiger partial charge in [0.2, 0.25) is 0 Å². The van der Waals surface area contributed by atoms with E-state index in [1.165, 1.54) is 10.8 Å². The summed E-state index contributed by atoms with van der Waals surface area (Å²) in [5.41, 5.74) is 5.49. The molecule has 0 fully saturated rings. The second-order valence-corrected chi connectivity index (χ2v) is 5.64. The van der Waals surface area contributed by atoms with Crippen molar-refractivity contribution >= 4 is 21.8 Å². The van der Waals surface area contributed by atoms with E-state index in [1.807, 2.05) is 36.8 Å². The number of nitrogens with zero attached hydrogens (tertiary/aromatic N) is 1. The predicted octanol–water partition coefficient (Wildman–Crippen LogP) is 4.71. The summed E-state index contributed by atoms with van der Waals surface area (Å²) in [6, 6.07) is 16.5. The predicted molar refractivity (Wildman–Crippen MR) is 93.2 cm³/mol. The lowest BCUT2D eigenvalue weighted by Crippen LogP contribution is -1.79. The Morgan fingerprint density at radius 2 is 1.30 bits per heavy atom. The van der Waals surface area contributed by atoms with E-state index in [4.69, 9.17) is 0 Å². The van der Waals surface area contributed by atoms with Crippen molar-refractivity contribution in [2.45, 2.75) is 0 Å². The van der Waals surface area contributed by atoms with Gasteiger partial charge in [-0.05, 0) is 12.1 Å². The summed E-state index contributed by atoms with van der Waals surface area (Å²) in [6.45, 7) is 0. The van der Waals surface area contributed by atoms with E-state index < -0.39 is 0 Å². The average molecular weight is 298 g/mol. The van der Waals surface area contributed by atoms with Crippen molar-refractivity contribution in [2.75, 3.05) is 0 Å². The number of imidazole rings is 1. The number of aromatic amines is 3. The molecule has 0 radical (unpaired) electrons. The molecule has 2 aromatic carbocycles. The Hall–Kier alpha value is -3.27. The number of nitrogens with one attached hydrogen (secondary N) is 3. The van der Waals surface area contributed by atoms with Crippen LogP contribution in [0, 0.1) is 0 Å². The Morgan fingerprint density at radius 3 is 2.04 bits per heavy atom. The number of fused-ring (bicyclic) bond motifs is 2. The summed E-state index contributed by atoms with van der Waals surface area (Å²) in [7, 11) is 0. The van der Waals surface area contributed by atoms with Crippen LogP contribution in [0.15, 0.2) is 67.1 Å². The summed E-state index contributed by atoms with van der Waals surface area (Å²) in [5, 5.41) is 2.37. The molecule has 110 valence electrons. The van der Waals surface area contributed by atoms with E-state index in [0.29, 0.717) is 0 Å². The molecule has 0 unspecified atom stereocenters. The maximum absolute atomic E-state index is 4.58. The van der Waals surface area contributed by atoms with E-state index in [2.05, 4.69) is 50.3 Å². The van der Waals surface area contributed by atoms with E-state index >= 15 is 0 Å². The summed E-state index contributed by atoms with van der Waals surface area (Å²) < 4.78 is 0. The highest BCUT2D eigenvalue weighted by Gasteiger charge is 2.12. The smallest absolute Gasteiger partial charge is 0.139 e. The average Bonchev–Trinajstić information content (AvgIpc) is 3.31. The van der Waals surface area contributed by atoms with Crippen LogP contribution in [0.5, 0.6) is 0 Å². The minimum absolute atomic E-state index is 0.878. The highest BCUT2D eigenvalue weighted by atomic mass is 14.9. The lowest BCUT2D eigenvalue weighted by atomic mass is 10.1. The molecule has 3 heterocycles. The molecule has 3 N–H and O–H groups in total. The third kappa shape index (κ3) is 1.82. The van der Waals surface area contributed by atoms with Crippen LogP contribution in [0.2, 0.25) is 0 Å². The minimum Gasteiger partial charge on any atom is -0.360 e. The van der Waals surface area contributed by atoms with Crippen molar-refractivity contribution in [3.05, 3.63) is 67.1 Å². The number of aromatic nitrogens is 4. The van der Waals surface area contributed by atoms with Crippen LogP contribution in [0.4, 0.5) is 0 Å². The van der Waals surface area contributed by atoms with E-state index in [0.717, 1.165) is 33.7 Å².